The van der Waals surface area contributed by atoms with Gasteiger partial charge in [-0.1, -0.05) is 0 Å². The summed E-state index contributed by atoms with van der Waals surface area (Å²) in [5, 5.41) is 9.37. The fourth-order valence-corrected chi connectivity index (χ4v) is 2.49. The third-order valence-corrected chi connectivity index (χ3v) is 3.45. The number of aromatic amines is 1. The summed E-state index contributed by atoms with van der Waals surface area (Å²) in [6, 6.07) is 9.27. The highest BCUT2D eigenvalue weighted by molar-refractivity contribution is 7.15. The summed E-state index contributed by atoms with van der Waals surface area (Å²) in [7, 11) is 0. The third-order valence-electron chi connectivity index (χ3n) is 2.44. The number of thiophene rings is 1. The highest BCUT2D eigenvalue weighted by Gasteiger charge is 2.07. The molecule has 3 aromatic rings. The number of hydrogen-bond acceptors (Lipinski definition) is 3. The summed E-state index contributed by atoms with van der Waals surface area (Å²) in [6.07, 6.45) is 0. The number of rotatable bonds is 1. The van der Waals surface area contributed by atoms with Crippen molar-refractivity contribution in [1.29, 1.82) is 0 Å². The molecule has 0 atom stereocenters. The molecule has 0 spiro atoms. The second-order valence-electron chi connectivity index (χ2n) is 3.70. The molecular weight excluding hydrogens is 220 g/mol. The summed E-state index contributed by atoms with van der Waals surface area (Å²) in [5.41, 5.74) is 1.74. The lowest BCUT2D eigenvalue weighted by molar-refractivity contribution is 0.476. The molecule has 2 N–H and O–H groups in total. The van der Waals surface area contributed by atoms with E-state index in [9.17, 15) is 5.11 Å². The first kappa shape index (κ1) is 9.42. The molecule has 0 saturated heterocycles. The van der Waals surface area contributed by atoms with E-state index in [1.807, 2.05) is 6.07 Å². The Morgan fingerprint density at radius 2 is 2.12 bits per heavy atom. The van der Waals surface area contributed by atoms with Crippen molar-refractivity contribution in [3.63, 3.8) is 0 Å². The molecule has 80 valence electrons. The number of fused-ring (bicyclic) bond motifs is 1. The van der Waals surface area contributed by atoms with Crippen LogP contribution >= 0.6 is 11.3 Å². The predicted octanol–water partition coefficient (Wildman–Crippen LogP) is 3.31. The number of aromatic hydroxyl groups is 1. The molecule has 0 bridgehead atoms. The number of phenolic OH excluding ortho intramolecular Hbond substituents is 1. The zero-order valence-corrected chi connectivity index (χ0v) is 9.51. The standard InChI is InChI=1S/C12H10N2OS/c1-7-2-5-11(16-7)12-13-9-4-3-8(15)6-10(9)14-12/h2-6,15H,1H3,(H,13,14). The minimum Gasteiger partial charge on any atom is -0.508 e. The molecule has 0 saturated carbocycles. The summed E-state index contributed by atoms with van der Waals surface area (Å²) in [6.45, 7) is 2.07. The number of phenols is 1. The number of H-pyrrole nitrogens is 1. The minimum absolute atomic E-state index is 0.255. The first-order chi connectivity index (χ1) is 7.72. The summed E-state index contributed by atoms with van der Waals surface area (Å²) in [4.78, 5) is 10.1. The molecular formula is C12H10N2OS. The van der Waals surface area contributed by atoms with Gasteiger partial charge in [0, 0.05) is 10.9 Å². The second-order valence-corrected chi connectivity index (χ2v) is 4.99. The molecule has 0 fully saturated rings. The molecule has 0 unspecified atom stereocenters. The van der Waals surface area contributed by atoms with Gasteiger partial charge in [0.05, 0.1) is 15.9 Å². The fourth-order valence-electron chi connectivity index (χ4n) is 1.68. The Bertz CT molecular complexity index is 654. The van der Waals surface area contributed by atoms with Crippen LogP contribution in [-0.2, 0) is 0 Å². The first-order valence-corrected chi connectivity index (χ1v) is 5.79. The van der Waals surface area contributed by atoms with E-state index < -0.39 is 0 Å². The number of aryl methyl sites for hydroxylation is 1. The summed E-state index contributed by atoms with van der Waals surface area (Å²) >= 11 is 1.70. The van der Waals surface area contributed by atoms with Crippen LogP contribution in [0.1, 0.15) is 4.88 Å². The van der Waals surface area contributed by atoms with E-state index in [0.717, 1.165) is 21.7 Å². The molecule has 1 aromatic carbocycles. The number of hydrogen-bond donors (Lipinski definition) is 2. The second kappa shape index (κ2) is 3.35. The lowest BCUT2D eigenvalue weighted by Crippen LogP contribution is -1.72. The van der Waals surface area contributed by atoms with Crippen LogP contribution in [-0.4, -0.2) is 15.1 Å². The van der Waals surface area contributed by atoms with Crippen LogP contribution in [0.2, 0.25) is 0 Å². The van der Waals surface area contributed by atoms with Gasteiger partial charge in [0.1, 0.15) is 11.6 Å². The highest BCUT2D eigenvalue weighted by atomic mass is 32.1. The summed E-state index contributed by atoms with van der Waals surface area (Å²) in [5.74, 6) is 1.11. The van der Waals surface area contributed by atoms with Gasteiger partial charge in [0.2, 0.25) is 0 Å². The van der Waals surface area contributed by atoms with E-state index >= 15 is 0 Å². The molecule has 2 heterocycles. The number of nitrogens with one attached hydrogen (secondary N) is 1. The maximum absolute atomic E-state index is 9.37. The predicted molar refractivity (Wildman–Crippen MR) is 65.8 cm³/mol. The third kappa shape index (κ3) is 1.47. The topological polar surface area (TPSA) is 48.9 Å². The maximum atomic E-state index is 9.37. The van der Waals surface area contributed by atoms with Crippen molar-refractivity contribution in [2.24, 2.45) is 0 Å². The van der Waals surface area contributed by atoms with Gasteiger partial charge < -0.3 is 10.1 Å². The Morgan fingerprint density at radius 1 is 1.25 bits per heavy atom. The molecule has 0 radical (unpaired) electrons. The lowest BCUT2D eigenvalue weighted by atomic mass is 10.3. The van der Waals surface area contributed by atoms with E-state index in [4.69, 9.17) is 0 Å². The zero-order chi connectivity index (χ0) is 11.1. The van der Waals surface area contributed by atoms with Gasteiger partial charge in [0.25, 0.3) is 0 Å². The number of imidazole rings is 1. The van der Waals surface area contributed by atoms with E-state index in [0.29, 0.717) is 0 Å². The average Bonchev–Trinajstić information content (AvgIpc) is 2.83. The van der Waals surface area contributed by atoms with Gasteiger partial charge in [-0.2, -0.15) is 0 Å². The van der Waals surface area contributed by atoms with E-state index in [1.54, 1.807) is 23.5 Å². The smallest absolute Gasteiger partial charge is 0.148 e. The Labute approximate surface area is 96.4 Å². The van der Waals surface area contributed by atoms with Crippen molar-refractivity contribution in [3.8, 4) is 16.5 Å². The quantitative estimate of drug-likeness (QED) is 0.673. The van der Waals surface area contributed by atoms with E-state index in [1.165, 1.54) is 4.88 Å². The Balaban J connectivity index is 2.18. The van der Waals surface area contributed by atoms with Crippen LogP contribution < -0.4 is 0 Å². The monoisotopic (exact) mass is 230 g/mol. The van der Waals surface area contributed by atoms with Gasteiger partial charge in [-0.25, -0.2) is 4.98 Å². The van der Waals surface area contributed by atoms with Crippen LogP contribution in [0.25, 0.3) is 21.7 Å². The van der Waals surface area contributed by atoms with Crippen LogP contribution in [0, 0.1) is 6.92 Å². The van der Waals surface area contributed by atoms with Crippen molar-refractivity contribution in [1.82, 2.24) is 9.97 Å². The van der Waals surface area contributed by atoms with E-state index in [-0.39, 0.29) is 5.75 Å². The van der Waals surface area contributed by atoms with Crippen LogP contribution in [0.4, 0.5) is 0 Å². The van der Waals surface area contributed by atoms with E-state index in [2.05, 4.69) is 29.0 Å². The zero-order valence-electron chi connectivity index (χ0n) is 8.69. The van der Waals surface area contributed by atoms with Crippen molar-refractivity contribution in [3.05, 3.63) is 35.2 Å². The molecule has 3 rings (SSSR count). The van der Waals surface area contributed by atoms with Gasteiger partial charge in [0.15, 0.2) is 0 Å². The van der Waals surface area contributed by atoms with Crippen molar-refractivity contribution in [2.45, 2.75) is 6.92 Å². The molecule has 16 heavy (non-hydrogen) atoms. The first-order valence-electron chi connectivity index (χ1n) is 4.98. The van der Waals surface area contributed by atoms with Gasteiger partial charge >= 0.3 is 0 Å². The Kier molecular flexibility index (Phi) is 1.97. The lowest BCUT2D eigenvalue weighted by Gasteiger charge is -1.88. The highest BCUT2D eigenvalue weighted by Crippen LogP contribution is 2.28. The van der Waals surface area contributed by atoms with Crippen LogP contribution in [0.3, 0.4) is 0 Å². The molecule has 2 aromatic heterocycles. The fraction of sp³-hybridized carbons (Fsp3) is 0.0833. The Hall–Kier alpha value is -1.81. The molecule has 0 amide bonds. The van der Waals surface area contributed by atoms with Gasteiger partial charge in [-0.15, -0.1) is 11.3 Å². The Morgan fingerprint density at radius 3 is 2.88 bits per heavy atom. The number of aromatic nitrogens is 2. The molecule has 4 heteroatoms. The van der Waals surface area contributed by atoms with Crippen LogP contribution in [0.15, 0.2) is 30.3 Å². The largest absolute Gasteiger partial charge is 0.508 e. The van der Waals surface area contributed by atoms with Crippen LogP contribution in [0.5, 0.6) is 5.75 Å². The molecule has 0 aliphatic heterocycles. The number of nitrogens with zero attached hydrogens (tertiary/aromatic N) is 1. The summed E-state index contributed by atoms with van der Waals surface area (Å²) < 4.78 is 0. The van der Waals surface area contributed by atoms with Crippen molar-refractivity contribution < 1.29 is 5.11 Å². The number of benzene rings is 1. The maximum Gasteiger partial charge on any atom is 0.148 e. The van der Waals surface area contributed by atoms with Crippen molar-refractivity contribution in [2.75, 3.05) is 0 Å². The average molecular weight is 230 g/mol. The minimum atomic E-state index is 0.255. The van der Waals surface area contributed by atoms with Crippen molar-refractivity contribution >= 4 is 22.4 Å². The normalized spacial score (nSPS) is 11.1. The van der Waals surface area contributed by atoms with Gasteiger partial charge in [-0.05, 0) is 31.2 Å². The van der Waals surface area contributed by atoms with Gasteiger partial charge in [-0.3, -0.25) is 0 Å². The molecule has 0 aliphatic carbocycles. The molecule has 3 nitrogen and oxygen atoms in total. The molecule has 0 aliphatic rings. The SMILES string of the molecule is Cc1ccc(-c2nc3ccc(O)cc3[nH]2)s1.